The molecule has 0 saturated heterocycles. The van der Waals surface area contributed by atoms with Crippen molar-refractivity contribution in [3.05, 3.63) is 143 Å². The Bertz CT molecular complexity index is 1210. The van der Waals surface area contributed by atoms with E-state index in [2.05, 4.69) is 0 Å². The third-order valence-corrected chi connectivity index (χ3v) is 7.24. The summed E-state index contributed by atoms with van der Waals surface area (Å²) in [5, 5.41) is 41.4. The van der Waals surface area contributed by atoms with Crippen LogP contribution in [0.15, 0.2) is 109 Å². The van der Waals surface area contributed by atoms with Crippen molar-refractivity contribution >= 4 is 0 Å². The van der Waals surface area contributed by atoms with Crippen LogP contribution in [0.3, 0.4) is 0 Å². The van der Waals surface area contributed by atoms with Crippen molar-refractivity contribution in [2.24, 2.45) is 0 Å². The second kappa shape index (κ2) is 18.4. The van der Waals surface area contributed by atoms with E-state index in [1.165, 1.54) is 0 Å². The first kappa shape index (κ1) is 33.5. The van der Waals surface area contributed by atoms with Gasteiger partial charge in [-0.2, -0.15) is 0 Å². The van der Waals surface area contributed by atoms with E-state index >= 15 is 0 Å². The van der Waals surface area contributed by atoms with Crippen LogP contribution in [0.5, 0.6) is 0 Å². The number of aliphatic hydroxyl groups is 4. The molecule has 0 aromatic heterocycles. The van der Waals surface area contributed by atoms with E-state index in [0.717, 1.165) is 33.4 Å². The quantitative estimate of drug-likeness (QED) is 0.126. The zero-order valence-electron chi connectivity index (χ0n) is 24.8. The molecule has 4 atom stereocenters. The Morgan fingerprint density at radius 2 is 0.727 bits per heavy atom. The van der Waals surface area contributed by atoms with Gasteiger partial charge in [-0.3, -0.25) is 0 Å². The van der Waals surface area contributed by atoms with Crippen LogP contribution in [-0.4, -0.2) is 58.1 Å². The zero-order valence-corrected chi connectivity index (χ0v) is 24.8. The molecule has 4 aromatic carbocycles. The molecular formula is C36H42O8. The van der Waals surface area contributed by atoms with Crippen LogP contribution in [-0.2, 0) is 58.6 Å². The van der Waals surface area contributed by atoms with Gasteiger partial charge in [0, 0.05) is 0 Å². The lowest BCUT2D eigenvalue weighted by Crippen LogP contribution is -2.49. The minimum absolute atomic E-state index is 0.0241. The Kier molecular flexibility index (Phi) is 14.0. The SMILES string of the molecule is OCc1ccc(COCC(OCc2ccccc2)C(O)C(O)C(COCc2ccc(CO)cc2)OCc2ccccc2)cc1. The van der Waals surface area contributed by atoms with Crippen LogP contribution in [0.1, 0.15) is 33.4 Å². The molecule has 0 aliphatic heterocycles. The standard InChI is InChI=1S/C36H42O8/c37-19-27-11-15-31(16-12-27)21-41-25-33(43-23-29-7-3-1-4-8-29)35(39)36(40)34(44-24-30-9-5-2-6-10-30)26-42-22-32-17-13-28(20-38)14-18-32/h1-18,33-40H,19-26H2. The summed E-state index contributed by atoms with van der Waals surface area (Å²) in [5.41, 5.74) is 5.27. The molecule has 8 nitrogen and oxygen atoms in total. The summed E-state index contributed by atoms with van der Waals surface area (Å²) in [5.74, 6) is 0. The van der Waals surface area contributed by atoms with Crippen LogP contribution < -0.4 is 0 Å². The van der Waals surface area contributed by atoms with E-state index in [-0.39, 0.29) is 52.9 Å². The predicted molar refractivity (Wildman–Crippen MR) is 166 cm³/mol. The Balaban J connectivity index is 1.42. The Labute approximate surface area is 259 Å². The molecule has 44 heavy (non-hydrogen) atoms. The number of benzene rings is 4. The Morgan fingerprint density at radius 1 is 0.409 bits per heavy atom. The highest BCUT2D eigenvalue weighted by molar-refractivity contribution is 5.22. The molecule has 4 N–H and O–H groups in total. The smallest absolute Gasteiger partial charge is 0.111 e. The molecule has 0 amide bonds. The predicted octanol–water partition coefficient (Wildman–Crippen LogP) is 4.30. The van der Waals surface area contributed by atoms with Crippen molar-refractivity contribution in [1.29, 1.82) is 0 Å². The Morgan fingerprint density at radius 3 is 1.07 bits per heavy atom. The molecule has 0 fully saturated rings. The van der Waals surface area contributed by atoms with Crippen molar-refractivity contribution in [3.8, 4) is 0 Å². The van der Waals surface area contributed by atoms with Crippen molar-refractivity contribution in [2.75, 3.05) is 13.2 Å². The molecule has 0 saturated carbocycles. The fraction of sp³-hybridized carbons (Fsp3) is 0.333. The van der Waals surface area contributed by atoms with Crippen LogP contribution in [0.2, 0.25) is 0 Å². The van der Waals surface area contributed by atoms with E-state index in [9.17, 15) is 20.4 Å². The first-order valence-corrected chi connectivity index (χ1v) is 14.8. The maximum Gasteiger partial charge on any atom is 0.111 e. The largest absolute Gasteiger partial charge is 0.392 e. The fourth-order valence-corrected chi connectivity index (χ4v) is 4.55. The minimum atomic E-state index is -1.34. The maximum absolute atomic E-state index is 11.4. The van der Waals surface area contributed by atoms with E-state index in [4.69, 9.17) is 18.9 Å². The van der Waals surface area contributed by atoms with Gasteiger partial charge in [0.2, 0.25) is 0 Å². The lowest BCUT2D eigenvalue weighted by Gasteiger charge is -2.32. The van der Waals surface area contributed by atoms with Gasteiger partial charge in [0.25, 0.3) is 0 Å². The average Bonchev–Trinajstić information content (AvgIpc) is 3.08. The van der Waals surface area contributed by atoms with Crippen molar-refractivity contribution in [3.63, 3.8) is 0 Å². The van der Waals surface area contributed by atoms with Gasteiger partial charge in [0.15, 0.2) is 0 Å². The van der Waals surface area contributed by atoms with Crippen molar-refractivity contribution < 1.29 is 39.4 Å². The molecule has 0 heterocycles. The summed E-state index contributed by atoms with van der Waals surface area (Å²) >= 11 is 0. The molecular weight excluding hydrogens is 560 g/mol. The lowest BCUT2D eigenvalue weighted by atomic mass is 10.0. The molecule has 4 rings (SSSR count). The van der Waals surface area contributed by atoms with Crippen LogP contribution in [0, 0.1) is 0 Å². The minimum Gasteiger partial charge on any atom is -0.392 e. The summed E-state index contributed by atoms with van der Waals surface area (Å²) in [7, 11) is 0. The summed E-state index contributed by atoms with van der Waals surface area (Å²) in [6.45, 7) is 0.964. The maximum atomic E-state index is 11.4. The highest BCUT2D eigenvalue weighted by Crippen LogP contribution is 2.18. The normalized spacial score (nSPS) is 14.2. The van der Waals surface area contributed by atoms with E-state index in [1.54, 1.807) is 0 Å². The number of hydrogen-bond donors (Lipinski definition) is 4. The molecule has 4 unspecified atom stereocenters. The third-order valence-electron chi connectivity index (χ3n) is 7.24. The van der Waals surface area contributed by atoms with E-state index in [0.29, 0.717) is 0 Å². The second-order valence-electron chi connectivity index (χ2n) is 10.6. The molecule has 234 valence electrons. The molecule has 8 heteroatoms. The van der Waals surface area contributed by atoms with Gasteiger partial charge in [-0.1, -0.05) is 109 Å². The molecule has 0 aliphatic carbocycles. The van der Waals surface area contributed by atoms with Gasteiger partial charge in [0.05, 0.1) is 52.9 Å². The third kappa shape index (κ3) is 10.9. The summed E-state index contributed by atoms with van der Waals surface area (Å²) < 4.78 is 24.1. The zero-order chi connectivity index (χ0) is 31.0. The van der Waals surface area contributed by atoms with Crippen LogP contribution in [0.25, 0.3) is 0 Å². The van der Waals surface area contributed by atoms with E-state index < -0.39 is 24.4 Å². The van der Waals surface area contributed by atoms with Crippen LogP contribution in [0.4, 0.5) is 0 Å². The average molecular weight is 603 g/mol. The lowest BCUT2D eigenvalue weighted by molar-refractivity contribution is -0.170. The molecule has 0 spiro atoms. The van der Waals surface area contributed by atoms with Crippen molar-refractivity contribution in [2.45, 2.75) is 64.1 Å². The highest BCUT2D eigenvalue weighted by atomic mass is 16.6. The molecule has 0 aliphatic rings. The van der Waals surface area contributed by atoms with Crippen LogP contribution >= 0.6 is 0 Å². The topological polar surface area (TPSA) is 118 Å². The highest BCUT2D eigenvalue weighted by Gasteiger charge is 2.34. The van der Waals surface area contributed by atoms with Gasteiger partial charge >= 0.3 is 0 Å². The fourth-order valence-electron chi connectivity index (χ4n) is 4.55. The molecule has 0 bridgehead atoms. The summed E-state index contributed by atoms with van der Waals surface area (Å²) in [6, 6.07) is 34.0. The van der Waals surface area contributed by atoms with Crippen molar-refractivity contribution in [1.82, 2.24) is 0 Å². The monoisotopic (exact) mass is 602 g/mol. The summed E-state index contributed by atoms with van der Waals surface area (Å²) in [4.78, 5) is 0. The second-order valence-corrected chi connectivity index (χ2v) is 10.6. The first-order valence-electron chi connectivity index (χ1n) is 14.8. The number of ether oxygens (including phenoxy) is 4. The van der Waals surface area contributed by atoms with Gasteiger partial charge in [0.1, 0.15) is 24.4 Å². The van der Waals surface area contributed by atoms with Gasteiger partial charge < -0.3 is 39.4 Å². The summed E-state index contributed by atoms with van der Waals surface area (Å²) in [6.07, 6.45) is -4.42. The van der Waals surface area contributed by atoms with E-state index in [1.807, 2.05) is 109 Å². The van der Waals surface area contributed by atoms with Gasteiger partial charge in [-0.25, -0.2) is 0 Å². The number of hydrogen-bond acceptors (Lipinski definition) is 8. The Hall–Kier alpha value is -3.44. The number of aliphatic hydroxyl groups excluding tert-OH is 4. The first-order chi connectivity index (χ1) is 21.6. The number of rotatable bonds is 19. The van der Waals surface area contributed by atoms with Gasteiger partial charge in [-0.05, 0) is 33.4 Å². The molecule has 4 aromatic rings. The van der Waals surface area contributed by atoms with Gasteiger partial charge in [-0.15, -0.1) is 0 Å². The molecule has 0 radical (unpaired) electrons.